The average Bonchev–Trinajstić information content (AvgIpc) is 2.34. The van der Waals surface area contributed by atoms with E-state index in [1.165, 1.54) is 16.7 Å². The minimum Gasteiger partial charge on any atom is -0.481 e. The van der Waals surface area contributed by atoms with Gasteiger partial charge < -0.3 is 10.5 Å². The van der Waals surface area contributed by atoms with E-state index >= 15 is 0 Å². The number of benzene rings is 1. The van der Waals surface area contributed by atoms with Gasteiger partial charge >= 0.3 is 0 Å². The van der Waals surface area contributed by atoms with E-state index in [9.17, 15) is 0 Å². The van der Waals surface area contributed by atoms with Crippen LogP contribution in [-0.2, 0) is 5.75 Å². The highest BCUT2D eigenvalue weighted by Crippen LogP contribution is 2.25. The fourth-order valence-electron chi connectivity index (χ4n) is 1.91. The van der Waals surface area contributed by atoms with Crippen molar-refractivity contribution in [3.63, 3.8) is 0 Å². The molecule has 2 aromatic rings. The van der Waals surface area contributed by atoms with Crippen LogP contribution in [0.1, 0.15) is 16.7 Å². The molecule has 0 atom stereocenters. The number of nitrogens with two attached hydrogens (primary N) is 1. The van der Waals surface area contributed by atoms with Crippen LogP contribution in [0.3, 0.4) is 0 Å². The number of methoxy groups -OCH3 is 1. The molecule has 0 radical (unpaired) electrons. The van der Waals surface area contributed by atoms with Gasteiger partial charge in [-0.25, -0.2) is 4.98 Å². The molecule has 4 nitrogen and oxygen atoms in total. The van der Waals surface area contributed by atoms with E-state index in [1.807, 2.05) is 0 Å². The van der Waals surface area contributed by atoms with Crippen LogP contribution >= 0.6 is 11.8 Å². The number of anilines is 1. The summed E-state index contributed by atoms with van der Waals surface area (Å²) in [5.41, 5.74) is 9.46. The van der Waals surface area contributed by atoms with E-state index < -0.39 is 0 Å². The first-order valence-electron chi connectivity index (χ1n) is 5.95. The molecule has 19 heavy (non-hydrogen) atoms. The lowest BCUT2D eigenvalue weighted by Gasteiger charge is -2.06. The molecule has 0 spiro atoms. The van der Waals surface area contributed by atoms with Crippen molar-refractivity contribution in [2.24, 2.45) is 0 Å². The fraction of sp³-hybridized carbons (Fsp3) is 0.286. The third-order valence-corrected chi connectivity index (χ3v) is 3.56. The van der Waals surface area contributed by atoms with Gasteiger partial charge in [-0.05, 0) is 19.4 Å². The summed E-state index contributed by atoms with van der Waals surface area (Å²) in [4.78, 5) is 8.16. The zero-order valence-electron chi connectivity index (χ0n) is 11.3. The Hall–Kier alpha value is -1.75. The molecule has 2 rings (SSSR count). The quantitative estimate of drug-likeness (QED) is 0.686. The number of aromatic nitrogens is 2. The van der Waals surface area contributed by atoms with Crippen molar-refractivity contribution >= 4 is 17.7 Å². The molecular formula is C14H17N3OS. The SMILES string of the molecule is COc1cc(SCc2cc(C)cc(C)c2)nc(N)n1. The highest BCUT2D eigenvalue weighted by Gasteiger charge is 2.04. The van der Waals surface area contributed by atoms with Gasteiger partial charge in [-0.1, -0.05) is 29.3 Å². The average molecular weight is 275 g/mol. The first-order chi connectivity index (χ1) is 9.06. The second-order valence-electron chi connectivity index (χ2n) is 4.39. The highest BCUT2D eigenvalue weighted by atomic mass is 32.2. The molecule has 0 bridgehead atoms. The van der Waals surface area contributed by atoms with E-state index in [2.05, 4.69) is 42.0 Å². The van der Waals surface area contributed by atoms with E-state index in [1.54, 1.807) is 24.9 Å². The van der Waals surface area contributed by atoms with Gasteiger partial charge in [-0.3, -0.25) is 0 Å². The second kappa shape index (κ2) is 5.93. The maximum Gasteiger partial charge on any atom is 0.224 e. The third-order valence-electron chi connectivity index (χ3n) is 2.57. The lowest BCUT2D eigenvalue weighted by Crippen LogP contribution is -1.98. The zero-order valence-corrected chi connectivity index (χ0v) is 12.1. The molecule has 0 unspecified atom stereocenters. The van der Waals surface area contributed by atoms with Crippen LogP contribution < -0.4 is 10.5 Å². The Labute approximate surface area is 117 Å². The number of ether oxygens (including phenoxy) is 1. The molecule has 1 aromatic carbocycles. The largest absolute Gasteiger partial charge is 0.481 e. The highest BCUT2D eigenvalue weighted by molar-refractivity contribution is 7.98. The number of nitrogens with zero attached hydrogens (tertiary/aromatic N) is 2. The smallest absolute Gasteiger partial charge is 0.224 e. The molecule has 0 aliphatic rings. The zero-order chi connectivity index (χ0) is 13.8. The molecule has 2 N–H and O–H groups in total. The van der Waals surface area contributed by atoms with Crippen molar-refractivity contribution in [3.8, 4) is 5.88 Å². The lowest BCUT2D eigenvalue weighted by molar-refractivity contribution is 0.396. The van der Waals surface area contributed by atoms with Gasteiger partial charge in [-0.2, -0.15) is 4.98 Å². The van der Waals surface area contributed by atoms with Gasteiger partial charge in [0.25, 0.3) is 0 Å². The molecule has 1 aromatic heterocycles. The van der Waals surface area contributed by atoms with Gasteiger partial charge in [0.2, 0.25) is 11.8 Å². The minimum atomic E-state index is 0.238. The summed E-state index contributed by atoms with van der Waals surface area (Å²) in [5.74, 6) is 1.58. The van der Waals surface area contributed by atoms with E-state index in [4.69, 9.17) is 10.5 Å². The van der Waals surface area contributed by atoms with Crippen LogP contribution in [-0.4, -0.2) is 17.1 Å². The number of thioether (sulfide) groups is 1. The van der Waals surface area contributed by atoms with E-state index in [0.29, 0.717) is 5.88 Å². The van der Waals surface area contributed by atoms with Crippen molar-refractivity contribution in [3.05, 3.63) is 41.0 Å². The van der Waals surface area contributed by atoms with E-state index in [0.717, 1.165) is 10.8 Å². The molecule has 0 saturated heterocycles. The summed E-state index contributed by atoms with van der Waals surface area (Å²) >= 11 is 1.62. The van der Waals surface area contributed by atoms with Crippen LogP contribution in [0, 0.1) is 13.8 Å². The van der Waals surface area contributed by atoms with Crippen molar-refractivity contribution in [2.75, 3.05) is 12.8 Å². The summed E-state index contributed by atoms with van der Waals surface area (Å²) in [6, 6.07) is 8.33. The van der Waals surface area contributed by atoms with Crippen LogP contribution in [0.5, 0.6) is 5.88 Å². The monoisotopic (exact) mass is 275 g/mol. The van der Waals surface area contributed by atoms with Gasteiger partial charge in [0, 0.05) is 11.8 Å². The molecule has 0 saturated carbocycles. The molecule has 1 heterocycles. The topological polar surface area (TPSA) is 61.0 Å². The maximum atomic E-state index is 5.64. The van der Waals surface area contributed by atoms with Gasteiger partial charge in [-0.15, -0.1) is 11.8 Å². The van der Waals surface area contributed by atoms with Crippen molar-refractivity contribution in [2.45, 2.75) is 24.6 Å². The molecule has 0 aliphatic heterocycles. The third kappa shape index (κ3) is 3.86. The number of aryl methyl sites for hydroxylation is 2. The van der Waals surface area contributed by atoms with Crippen LogP contribution in [0.15, 0.2) is 29.3 Å². The lowest BCUT2D eigenvalue weighted by atomic mass is 10.1. The van der Waals surface area contributed by atoms with Gasteiger partial charge in [0.05, 0.1) is 7.11 Å². The molecule has 5 heteroatoms. The Balaban J connectivity index is 2.11. The number of hydrogen-bond donors (Lipinski definition) is 1. The maximum absolute atomic E-state index is 5.64. The molecule has 0 fully saturated rings. The minimum absolute atomic E-state index is 0.238. The number of rotatable bonds is 4. The van der Waals surface area contributed by atoms with E-state index in [-0.39, 0.29) is 5.95 Å². The Morgan fingerprint density at radius 1 is 1.11 bits per heavy atom. The number of nitrogen functional groups attached to an aromatic ring is 1. The fourth-order valence-corrected chi connectivity index (χ4v) is 2.73. The molecular weight excluding hydrogens is 258 g/mol. The number of hydrogen-bond acceptors (Lipinski definition) is 5. The first kappa shape index (κ1) is 13.7. The van der Waals surface area contributed by atoms with Crippen molar-refractivity contribution in [1.29, 1.82) is 0 Å². The Bertz CT molecular complexity index is 567. The summed E-state index contributed by atoms with van der Waals surface area (Å²) in [6.45, 7) is 4.21. The Morgan fingerprint density at radius 2 is 1.79 bits per heavy atom. The van der Waals surface area contributed by atoms with Crippen LogP contribution in [0.25, 0.3) is 0 Å². The summed E-state index contributed by atoms with van der Waals surface area (Å²) in [5, 5.41) is 0.823. The predicted octanol–water partition coefficient (Wildman–Crippen LogP) is 2.98. The van der Waals surface area contributed by atoms with Gasteiger partial charge in [0.1, 0.15) is 5.03 Å². The van der Waals surface area contributed by atoms with Crippen LogP contribution in [0.2, 0.25) is 0 Å². The Morgan fingerprint density at radius 3 is 2.42 bits per heavy atom. The Kier molecular flexibility index (Phi) is 4.27. The molecule has 100 valence electrons. The molecule has 0 aliphatic carbocycles. The standard InChI is InChI=1S/C14H17N3OS/c1-9-4-10(2)6-11(5-9)8-19-13-7-12(18-3)16-14(15)17-13/h4-7H,8H2,1-3H3,(H2,15,16,17). The summed E-state index contributed by atoms with van der Waals surface area (Å²) in [6.07, 6.45) is 0. The van der Waals surface area contributed by atoms with Crippen molar-refractivity contribution < 1.29 is 4.74 Å². The van der Waals surface area contributed by atoms with Gasteiger partial charge in [0.15, 0.2) is 0 Å². The summed E-state index contributed by atoms with van der Waals surface area (Å²) < 4.78 is 5.08. The van der Waals surface area contributed by atoms with Crippen LogP contribution in [0.4, 0.5) is 5.95 Å². The normalized spacial score (nSPS) is 10.5. The van der Waals surface area contributed by atoms with Crippen molar-refractivity contribution in [1.82, 2.24) is 9.97 Å². The predicted molar refractivity (Wildman–Crippen MR) is 78.5 cm³/mol. The summed E-state index contributed by atoms with van der Waals surface area (Å²) in [7, 11) is 1.57. The first-order valence-corrected chi connectivity index (χ1v) is 6.94. The molecule has 0 amide bonds. The second-order valence-corrected chi connectivity index (χ2v) is 5.39.